The van der Waals surface area contributed by atoms with Gasteiger partial charge in [0.05, 0.1) is 6.07 Å². The van der Waals surface area contributed by atoms with E-state index in [1.54, 1.807) is 20.8 Å². The maximum atomic E-state index is 13.6. The fourth-order valence-corrected chi connectivity index (χ4v) is 6.34. The lowest BCUT2D eigenvalue weighted by molar-refractivity contribution is -0.176. The Balaban J connectivity index is 0.00000280. The van der Waals surface area contributed by atoms with Crippen LogP contribution in [0.25, 0.3) is 0 Å². The second kappa shape index (κ2) is 10.0. The van der Waals surface area contributed by atoms with Crippen molar-refractivity contribution in [1.29, 1.82) is 5.26 Å². The molecule has 4 fully saturated rings. The number of hydrogen-bond acceptors (Lipinski definition) is 5. The lowest BCUT2D eigenvalue weighted by atomic mass is 9.85. The molecule has 2 heterocycles. The molecule has 0 radical (unpaired) electrons. The van der Waals surface area contributed by atoms with Crippen LogP contribution in [-0.2, 0) is 19.2 Å². The second-order valence-electron chi connectivity index (χ2n) is 12.5. The molecular formula is C26H40F3N5O4. The molecule has 0 unspecified atom stereocenters. The van der Waals surface area contributed by atoms with Crippen LogP contribution in [0.4, 0.5) is 13.2 Å². The number of nitrogens with one attached hydrogen (secondary N) is 3. The van der Waals surface area contributed by atoms with E-state index in [0.29, 0.717) is 12.8 Å². The smallest absolute Gasteiger partial charge is 0.350 e. The molecule has 1 spiro atoms. The van der Waals surface area contributed by atoms with Gasteiger partial charge in [-0.25, -0.2) is 0 Å². The zero-order valence-electron chi connectivity index (χ0n) is 22.0. The van der Waals surface area contributed by atoms with Gasteiger partial charge in [-0.05, 0) is 62.2 Å². The van der Waals surface area contributed by atoms with Gasteiger partial charge in [0.25, 0.3) is 0 Å². The maximum Gasteiger partial charge on any atom is 0.471 e. The van der Waals surface area contributed by atoms with Crippen LogP contribution in [0.3, 0.4) is 0 Å². The van der Waals surface area contributed by atoms with Crippen molar-refractivity contribution < 1.29 is 35.2 Å². The minimum absolute atomic E-state index is 0. The van der Waals surface area contributed by atoms with Gasteiger partial charge in [-0.1, -0.05) is 27.2 Å². The predicted octanol–water partition coefficient (Wildman–Crippen LogP) is 2.66. The summed E-state index contributed by atoms with van der Waals surface area (Å²) in [5, 5.41) is 17.3. The Kier molecular flexibility index (Phi) is 7.45. The zero-order valence-corrected chi connectivity index (χ0v) is 22.0. The van der Waals surface area contributed by atoms with Gasteiger partial charge in [-0.3, -0.25) is 19.2 Å². The van der Waals surface area contributed by atoms with E-state index in [1.807, 2.05) is 5.32 Å². The number of amides is 4. The van der Waals surface area contributed by atoms with Crippen molar-refractivity contribution in [2.45, 2.75) is 102 Å². The number of nitriles is 1. The van der Waals surface area contributed by atoms with Crippen molar-refractivity contribution in [3.05, 3.63) is 0 Å². The van der Waals surface area contributed by atoms with Crippen LogP contribution in [0.15, 0.2) is 0 Å². The molecular weight excluding hydrogens is 503 g/mol. The fourth-order valence-electron chi connectivity index (χ4n) is 6.34. The van der Waals surface area contributed by atoms with Gasteiger partial charge in [0.1, 0.15) is 18.1 Å². The van der Waals surface area contributed by atoms with Crippen LogP contribution < -0.4 is 16.0 Å². The number of hydrogen-bond donors (Lipinski definition) is 3. The van der Waals surface area contributed by atoms with E-state index in [9.17, 15) is 37.6 Å². The second-order valence-corrected chi connectivity index (χ2v) is 12.5. The summed E-state index contributed by atoms with van der Waals surface area (Å²) in [6.07, 6.45) is 0.670. The lowest BCUT2D eigenvalue weighted by Gasteiger charge is -2.36. The summed E-state index contributed by atoms with van der Waals surface area (Å²) < 4.78 is 39.1. The third kappa shape index (κ3) is 5.76. The summed E-state index contributed by atoms with van der Waals surface area (Å²) in [5.74, 6) is -4.23. The summed E-state index contributed by atoms with van der Waals surface area (Å²) in [5.41, 5.74) is -1.15. The highest BCUT2D eigenvalue weighted by molar-refractivity contribution is 5.94. The minimum Gasteiger partial charge on any atom is -0.350 e. The molecule has 4 rings (SSSR count). The first-order valence-corrected chi connectivity index (χ1v) is 13.4. The molecule has 2 saturated carbocycles. The van der Waals surface area contributed by atoms with Gasteiger partial charge < -0.3 is 20.9 Å². The Morgan fingerprint density at radius 3 is 2.39 bits per heavy atom. The molecule has 6 atom stereocenters. The Bertz CT molecular complexity index is 1040. The Hall–Kier alpha value is -2.84. The number of nitrogens with zero attached hydrogens (tertiary/aromatic N) is 2. The Morgan fingerprint density at radius 2 is 1.84 bits per heavy atom. The monoisotopic (exact) mass is 543 g/mol. The molecule has 3 N–H and O–H groups in total. The third-order valence-electron chi connectivity index (χ3n) is 8.66. The molecule has 38 heavy (non-hydrogen) atoms. The van der Waals surface area contributed by atoms with Crippen molar-refractivity contribution in [3.63, 3.8) is 0 Å². The van der Waals surface area contributed by atoms with Crippen LogP contribution in [0.5, 0.6) is 0 Å². The van der Waals surface area contributed by atoms with E-state index in [4.69, 9.17) is 0 Å². The van der Waals surface area contributed by atoms with E-state index in [2.05, 4.69) is 16.7 Å². The van der Waals surface area contributed by atoms with Crippen LogP contribution in [0, 0.1) is 34.5 Å². The Labute approximate surface area is 223 Å². The number of likely N-dealkylation sites (tertiary alicyclic amines) is 1. The number of carbonyl (C=O) groups excluding carboxylic acids is 4. The number of fused-ring (bicyclic) bond motifs is 1. The molecule has 214 valence electrons. The van der Waals surface area contributed by atoms with Gasteiger partial charge in [-0.15, -0.1) is 0 Å². The number of alkyl halides is 3. The van der Waals surface area contributed by atoms with E-state index in [1.165, 1.54) is 4.90 Å². The number of carbonyl (C=O) groups is 4. The molecule has 0 aromatic carbocycles. The number of halogens is 3. The SMILES string of the molecule is CC(C)(C)[C@H](NC(=O)C(F)(F)F)C(=O)N1C[C@@H]2CCC[C@@H]2[C@H]1C(=O)N[C@H](C#N)C[C@@H]1CCC2(CC2)NC1=O.[HH].[HH]. The molecule has 12 heteroatoms. The van der Waals surface area contributed by atoms with Gasteiger partial charge in [0.15, 0.2) is 0 Å². The quantitative estimate of drug-likeness (QED) is 0.474. The van der Waals surface area contributed by atoms with Crippen molar-refractivity contribution in [2.75, 3.05) is 6.54 Å². The molecule has 4 aliphatic rings. The number of rotatable bonds is 6. The van der Waals surface area contributed by atoms with E-state index >= 15 is 0 Å². The standard InChI is InChI=1S/C26H36F3N5O4.2H2/c1-24(2,3)19(32-23(38)26(27,28)29)22(37)34-13-15-5-4-6-17(15)18(34)21(36)31-16(12-30)11-14-7-8-25(9-10-25)33-20(14)35;;/h14-19H,4-11,13H2,1-3H3,(H,31,36)(H,32,38)(H,33,35);2*1H/t14-,15-,16-,17-,18-,19+;;/m0../s1. The van der Waals surface area contributed by atoms with E-state index in [0.717, 1.165) is 32.1 Å². The summed E-state index contributed by atoms with van der Waals surface area (Å²) in [6.45, 7) is 4.83. The highest BCUT2D eigenvalue weighted by atomic mass is 19.4. The van der Waals surface area contributed by atoms with Crippen molar-refractivity contribution in [2.24, 2.45) is 23.2 Å². The molecule has 0 bridgehead atoms. The largest absolute Gasteiger partial charge is 0.471 e. The first-order chi connectivity index (χ1) is 17.6. The molecule has 2 saturated heterocycles. The lowest BCUT2D eigenvalue weighted by Crippen LogP contribution is -2.60. The van der Waals surface area contributed by atoms with E-state index < -0.39 is 53.4 Å². The highest BCUT2D eigenvalue weighted by Crippen LogP contribution is 2.45. The van der Waals surface area contributed by atoms with Crippen LogP contribution >= 0.6 is 0 Å². The zero-order chi connectivity index (χ0) is 28.0. The van der Waals surface area contributed by atoms with Gasteiger partial charge in [0, 0.05) is 20.9 Å². The predicted molar refractivity (Wildman–Crippen MR) is 133 cm³/mol. The van der Waals surface area contributed by atoms with Gasteiger partial charge in [0.2, 0.25) is 17.7 Å². The van der Waals surface area contributed by atoms with Gasteiger partial charge in [-0.2, -0.15) is 18.4 Å². The third-order valence-corrected chi connectivity index (χ3v) is 8.66. The highest BCUT2D eigenvalue weighted by Gasteiger charge is 2.53. The first-order valence-electron chi connectivity index (χ1n) is 13.4. The minimum atomic E-state index is -5.16. The fraction of sp³-hybridized carbons (Fsp3) is 0.808. The van der Waals surface area contributed by atoms with Crippen molar-refractivity contribution >= 4 is 23.6 Å². The van der Waals surface area contributed by atoms with Crippen molar-refractivity contribution in [3.8, 4) is 6.07 Å². The first kappa shape index (κ1) is 28.2. The van der Waals surface area contributed by atoms with Crippen LogP contribution in [-0.4, -0.2) is 64.9 Å². The summed E-state index contributed by atoms with van der Waals surface area (Å²) in [4.78, 5) is 52.8. The normalized spacial score (nSPS) is 29.6. The molecule has 2 aliphatic carbocycles. The molecule has 0 aromatic rings. The summed E-state index contributed by atoms with van der Waals surface area (Å²) in [7, 11) is 0. The summed E-state index contributed by atoms with van der Waals surface area (Å²) >= 11 is 0. The summed E-state index contributed by atoms with van der Waals surface area (Å²) in [6, 6.07) is -1.36. The van der Waals surface area contributed by atoms with E-state index in [-0.39, 0.29) is 39.1 Å². The topological polar surface area (TPSA) is 131 Å². The van der Waals surface area contributed by atoms with Crippen molar-refractivity contribution in [1.82, 2.24) is 20.9 Å². The molecule has 0 aromatic heterocycles. The van der Waals surface area contributed by atoms with Crippen LogP contribution in [0.2, 0.25) is 0 Å². The van der Waals surface area contributed by atoms with Gasteiger partial charge >= 0.3 is 12.1 Å². The average Bonchev–Trinajstić information content (AvgIpc) is 3.23. The molecule has 2 aliphatic heterocycles. The molecule has 9 nitrogen and oxygen atoms in total. The van der Waals surface area contributed by atoms with Crippen LogP contribution in [0.1, 0.15) is 75.0 Å². The number of piperidine rings is 1. The molecule has 4 amide bonds. The Morgan fingerprint density at radius 1 is 1.16 bits per heavy atom. The maximum absolute atomic E-state index is 13.6. The average molecular weight is 544 g/mol.